The summed E-state index contributed by atoms with van der Waals surface area (Å²) < 4.78 is 24.6. The summed E-state index contributed by atoms with van der Waals surface area (Å²) in [6, 6.07) is 6.33. The summed E-state index contributed by atoms with van der Waals surface area (Å²) in [5, 5.41) is 0.242. The largest absolute Gasteiger partial charge is 0.332 e. The minimum atomic E-state index is -2.59. The number of nitrogens with zero attached hydrogens (tertiary/aromatic N) is 1. The van der Waals surface area contributed by atoms with Gasteiger partial charge in [-0.25, -0.2) is 8.78 Å². The molecule has 0 aliphatic carbocycles. The molecule has 6 heteroatoms. The second-order valence-corrected chi connectivity index (χ2v) is 4.10. The first-order chi connectivity index (χ1) is 8.06. The van der Waals surface area contributed by atoms with E-state index in [0.29, 0.717) is 0 Å². The van der Waals surface area contributed by atoms with Crippen LogP contribution in [0.15, 0.2) is 24.3 Å². The van der Waals surface area contributed by atoms with Crippen molar-refractivity contribution < 1.29 is 13.6 Å². The highest BCUT2D eigenvalue weighted by molar-refractivity contribution is 6.33. The molecule has 0 aromatic heterocycles. The Morgan fingerprint density at radius 2 is 2.00 bits per heavy atom. The van der Waals surface area contributed by atoms with E-state index in [2.05, 4.69) is 0 Å². The van der Waals surface area contributed by atoms with Gasteiger partial charge in [-0.1, -0.05) is 23.7 Å². The summed E-state index contributed by atoms with van der Waals surface area (Å²) in [7, 11) is 0. The fourth-order valence-electron chi connectivity index (χ4n) is 1.35. The number of benzene rings is 1. The van der Waals surface area contributed by atoms with Gasteiger partial charge < -0.3 is 4.90 Å². The lowest BCUT2D eigenvalue weighted by Gasteiger charge is -2.21. The van der Waals surface area contributed by atoms with Gasteiger partial charge in [0.1, 0.15) is 0 Å². The number of carbonyl (C=O) groups is 1. The topological polar surface area (TPSA) is 20.3 Å². The van der Waals surface area contributed by atoms with Gasteiger partial charge in [-0.2, -0.15) is 0 Å². The average Bonchev–Trinajstić information content (AvgIpc) is 2.28. The first-order valence-electron chi connectivity index (χ1n) is 4.94. The Labute approximate surface area is 108 Å². The number of carbonyl (C=O) groups excluding carboxylic acids is 1. The molecule has 2 nitrogen and oxygen atoms in total. The van der Waals surface area contributed by atoms with Gasteiger partial charge in [-0.3, -0.25) is 4.79 Å². The van der Waals surface area contributed by atoms with Crippen LogP contribution >= 0.6 is 23.2 Å². The van der Waals surface area contributed by atoms with E-state index in [9.17, 15) is 13.6 Å². The molecule has 17 heavy (non-hydrogen) atoms. The van der Waals surface area contributed by atoms with Crippen LogP contribution < -0.4 is 0 Å². The Morgan fingerprint density at radius 1 is 1.35 bits per heavy atom. The summed E-state index contributed by atoms with van der Waals surface area (Å²) in [5.41, 5.74) is 0.208. The van der Waals surface area contributed by atoms with Gasteiger partial charge in [-0.05, 0) is 12.1 Å². The number of amides is 1. The molecule has 0 saturated heterocycles. The van der Waals surface area contributed by atoms with Gasteiger partial charge >= 0.3 is 0 Å². The third-order valence-electron chi connectivity index (χ3n) is 2.10. The summed E-state index contributed by atoms with van der Waals surface area (Å²) in [6.07, 6.45) is -2.59. The predicted molar refractivity (Wildman–Crippen MR) is 64.1 cm³/mol. The van der Waals surface area contributed by atoms with Crippen LogP contribution in [-0.4, -0.2) is 36.2 Å². The molecule has 0 saturated carbocycles. The zero-order valence-corrected chi connectivity index (χ0v) is 10.4. The zero-order valence-electron chi connectivity index (χ0n) is 8.88. The van der Waals surface area contributed by atoms with Crippen LogP contribution in [-0.2, 0) is 0 Å². The Bertz CT molecular complexity index is 387. The molecule has 1 aromatic rings. The van der Waals surface area contributed by atoms with Crippen LogP contribution in [0, 0.1) is 0 Å². The average molecular weight is 282 g/mol. The van der Waals surface area contributed by atoms with E-state index in [1.165, 1.54) is 12.1 Å². The number of hydrogen-bond donors (Lipinski definition) is 0. The Morgan fingerprint density at radius 3 is 2.53 bits per heavy atom. The number of alkyl halides is 3. The lowest BCUT2D eigenvalue weighted by atomic mass is 10.2. The van der Waals surface area contributed by atoms with Gasteiger partial charge in [0.2, 0.25) is 0 Å². The third kappa shape index (κ3) is 4.13. The van der Waals surface area contributed by atoms with Crippen molar-refractivity contribution in [2.45, 2.75) is 6.43 Å². The molecular weight excluding hydrogens is 271 g/mol. The van der Waals surface area contributed by atoms with E-state index in [0.717, 1.165) is 4.90 Å². The SMILES string of the molecule is O=C(c1ccccc1Cl)N(CCCl)CC(F)F. The molecule has 0 bridgehead atoms. The normalized spacial score (nSPS) is 10.6. The lowest BCUT2D eigenvalue weighted by molar-refractivity contribution is 0.0571. The van der Waals surface area contributed by atoms with Gasteiger partial charge in [-0.15, -0.1) is 11.6 Å². The number of rotatable bonds is 5. The van der Waals surface area contributed by atoms with Crippen LogP contribution in [0.1, 0.15) is 10.4 Å². The highest BCUT2D eigenvalue weighted by Gasteiger charge is 2.20. The van der Waals surface area contributed by atoms with Crippen molar-refractivity contribution in [1.82, 2.24) is 4.90 Å². The fraction of sp³-hybridized carbons (Fsp3) is 0.364. The van der Waals surface area contributed by atoms with Crippen LogP contribution in [0.3, 0.4) is 0 Å². The third-order valence-corrected chi connectivity index (χ3v) is 2.60. The van der Waals surface area contributed by atoms with E-state index < -0.39 is 18.9 Å². The second kappa shape index (κ2) is 6.77. The molecule has 94 valence electrons. The maximum Gasteiger partial charge on any atom is 0.255 e. The van der Waals surface area contributed by atoms with Gasteiger partial charge in [0, 0.05) is 12.4 Å². The van der Waals surface area contributed by atoms with Crippen molar-refractivity contribution >= 4 is 29.1 Å². The van der Waals surface area contributed by atoms with E-state index in [4.69, 9.17) is 23.2 Å². The molecule has 0 aliphatic rings. The van der Waals surface area contributed by atoms with Gasteiger partial charge in [0.15, 0.2) is 0 Å². The number of hydrogen-bond acceptors (Lipinski definition) is 1. The number of halogens is 4. The second-order valence-electron chi connectivity index (χ2n) is 3.31. The summed E-state index contributed by atoms with van der Waals surface area (Å²) >= 11 is 11.3. The molecule has 0 fully saturated rings. The minimum Gasteiger partial charge on any atom is -0.332 e. The quantitative estimate of drug-likeness (QED) is 0.759. The molecule has 1 aromatic carbocycles. The zero-order chi connectivity index (χ0) is 12.8. The van der Waals surface area contributed by atoms with Crippen molar-refractivity contribution in [2.24, 2.45) is 0 Å². The molecule has 1 rings (SSSR count). The van der Waals surface area contributed by atoms with Crippen LogP contribution in [0.5, 0.6) is 0 Å². The summed E-state index contributed by atoms with van der Waals surface area (Å²) in [5.74, 6) is -0.431. The Kier molecular flexibility index (Phi) is 5.65. The maximum absolute atomic E-state index is 12.3. The van der Waals surface area contributed by atoms with Gasteiger partial charge in [0.25, 0.3) is 12.3 Å². The molecule has 0 aliphatic heterocycles. The monoisotopic (exact) mass is 281 g/mol. The summed E-state index contributed by atoms with van der Waals surface area (Å²) in [6.45, 7) is -0.577. The highest BCUT2D eigenvalue weighted by atomic mass is 35.5. The van der Waals surface area contributed by atoms with Crippen LogP contribution in [0.2, 0.25) is 5.02 Å². The standard InChI is InChI=1S/C11H11Cl2F2NO/c12-5-6-16(7-10(14)15)11(17)8-3-1-2-4-9(8)13/h1-4,10H,5-7H2. The van der Waals surface area contributed by atoms with E-state index in [1.807, 2.05) is 0 Å². The van der Waals surface area contributed by atoms with E-state index >= 15 is 0 Å². The Balaban J connectivity index is 2.88. The molecule has 0 atom stereocenters. The van der Waals surface area contributed by atoms with Gasteiger partial charge in [0.05, 0.1) is 17.1 Å². The molecule has 0 heterocycles. The molecule has 0 unspecified atom stereocenters. The highest BCUT2D eigenvalue weighted by Crippen LogP contribution is 2.17. The van der Waals surface area contributed by atoms with Crippen LogP contribution in [0.25, 0.3) is 0 Å². The fourth-order valence-corrected chi connectivity index (χ4v) is 1.77. The molecular formula is C11H11Cl2F2NO. The molecule has 0 radical (unpaired) electrons. The van der Waals surface area contributed by atoms with Crippen molar-refractivity contribution in [1.29, 1.82) is 0 Å². The lowest BCUT2D eigenvalue weighted by Crippen LogP contribution is -2.36. The minimum absolute atomic E-state index is 0.0654. The predicted octanol–water partition coefficient (Wildman–Crippen LogP) is 3.29. The van der Waals surface area contributed by atoms with Crippen molar-refractivity contribution in [3.63, 3.8) is 0 Å². The first kappa shape index (κ1) is 14.2. The Hall–Kier alpha value is -0.870. The molecule has 0 N–H and O–H groups in total. The van der Waals surface area contributed by atoms with Crippen molar-refractivity contribution in [2.75, 3.05) is 19.0 Å². The van der Waals surface area contributed by atoms with E-state index in [-0.39, 0.29) is 23.0 Å². The molecule has 1 amide bonds. The molecule has 0 spiro atoms. The van der Waals surface area contributed by atoms with Crippen molar-refractivity contribution in [3.8, 4) is 0 Å². The van der Waals surface area contributed by atoms with Crippen LogP contribution in [0.4, 0.5) is 8.78 Å². The maximum atomic E-state index is 12.3. The first-order valence-corrected chi connectivity index (χ1v) is 5.85. The summed E-state index contributed by atoms with van der Waals surface area (Å²) in [4.78, 5) is 12.9. The van der Waals surface area contributed by atoms with Crippen molar-refractivity contribution in [3.05, 3.63) is 34.9 Å². The van der Waals surface area contributed by atoms with E-state index in [1.54, 1.807) is 12.1 Å². The smallest absolute Gasteiger partial charge is 0.255 e.